The van der Waals surface area contributed by atoms with E-state index >= 15 is 0 Å². The van der Waals surface area contributed by atoms with E-state index in [0.29, 0.717) is 12.2 Å². The molecule has 0 aliphatic rings. The van der Waals surface area contributed by atoms with Crippen LogP contribution in [0.5, 0.6) is 0 Å². The van der Waals surface area contributed by atoms with Gasteiger partial charge in [-0.2, -0.15) is 13.2 Å². The summed E-state index contributed by atoms with van der Waals surface area (Å²) < 4.78 is 39.4. The molecule has 0 saturated heterocycles. The molecule has 3 nitrogen and oxygen atoms in total. The van der Waals surface area contributed by atoms with Crippen molar-refractivity contribution in [3.63, 3.8) is 0 Å². The number of anilines is 1. The van der Waals surface area contributed by atoms with Gasteiger partial charge in [0.05, 0.1) is 18.6 Å². The van der Waals surface area contributed by atoms with Crippen molar-refractivity contribution >= 4 is 17.4 Å². The van der Waals surface area contributed by atoms with Crippen molar-refractivity contribution in [2.75, 3.05) is 5.32 Å². The average molecular weight is 301 g/mol. The molecule has 0 unspecified atom stereocenters. The number of hydrogen-bond acceptors (Lipinski definition) is 3. The average Bonchev–Trinajstić information content (AvgIpc) is 2.83. The molecule has 0 fully saturated rings. The maximum Gasteiger partial charge on any atom is 0.446 e. The molecule has 1 aromatic heterocycles. The summed E-state index contributed by atoms with van der Waals surface area (Å²) in [6, 6.07) is 6.40. The second-order valence-electron chi connectivity index (χ2n) is 4.07. The number of imidazole rings is 1. The fourth-order valence-corrected chi connectivity index (χ4v) is 2.44. The number of halogens is 3. The molecule has 0 saturated carbocycles. The molecule has 0 atom stereocenters. The third-order valence-corrected chi connectivity index (χ3v) is 3.52. The first kappa shape index (κ1) is 14.8. The smallest absolute Gasteiger partial charge is 0.378 e. The van der Waals surface area contributed by atoms with Crippen molar-refractivity contribution in [3.8, 4) is 0 Å². The molecule has 1 N–H and O–H groups in total. The lowest BCUT2D eigenvalue weighted by Gasteiger charge is -2.13. The van der Waals surface area contributed by atoms with E-state index in [1.807, 2.05) is 11.5 Å². The molecule has 0 radical (unpaired) electrons. The molecular weight excluding hydrogens is 287 g/mol. The number of hydrogen-bond donors (Lipinski definition) is 1. The number of thioether (sulfide) groups is 1. The van der Waals surface area contributed by atoms with E-state index in [1.165, 1.54) is 6.07 Å². The zero-order valence-corrected chi connectivity index (χ0v) is 11.6. The summed E-state index contributed by atoms with van der Waals surface area (Å²) in [5.41, 5.74) is -2.89. The Kier molecular flexibility index (Phi) is 4.59. The van der Waals surface area contributed by atoms with Gasteiger partial charge in [0, 0.05) is 23.3 Å². The Bertz CT molecular complexity index is 566. The van der Waals surface area contributed by atoms with Gasteiger partial charge in [-0.15, -0.1) is 0 Å². The summed E-state index contributed by atoms with van der Waals surface area (Å²) in [5.74, 6) is 0. The monoisotopic (exact) mass is 301 g/mol. The highest BCUT2D eigenvalue weighted by atomic mass is 32.2. The van der Waals surface area contributed by atoms with Gasteiger partial charge >= 0.3 is 5.51 Å². The van der Waals surface area contributed by atoms with E-state index in [0.717, 1.165) is 12.2 Å². The third kappa shape index (κ3) is 3.93. The normalized spacial score (nSPS) is 11.6. The van der Waals surface area contributed by atoms with Gasteiger partial charge in [0.25, 0.3) is 0 Å². The molecule has 108 valence electrons. The zero-order valence-electron chi connectivity index (χ0n) is 10.8. The summed E-state index contributed by atoms with van der Waals surface area (Å²) >= 11 is -0.110. The number of para-hydroxylation sites is 1. The van der Waals surface area contributed by atoms with E-state index in [4.69, 9.17) is 0 Å². The summed E-state index contributed by atoms with van der Waals surface area (Å²) in [6.07, 6.45) is 3.41. The molecule has 7 heteroatoms. The Morgan fingerprint density at radius 1 is 1.30 bits per heavy atom. The minimum absolute atomic E-state index is 0.110. The van der Waals surface area contributed by atoms with Crippen molar-refractivity contribution in [2.45, 2.75) is 30.4 Å². The second kappa shape index (κ2) is 6.21. The van der Waals surface area contributed by atoms with E-state index in [2.05, 4.69) is 10.3 Å². The van der Waals surface area contributed by atoms with Crippen molar-refractivity contribution in [3.05, 3.63) is 42.5 Å². The van der Waals surface area contributed by atoms with Crippen LogP contribution in [-0.2, 0) is 13.1 Å². The molecule has 2 aromatic rings. The van der Waals surface area contributed by atoms with Crippen molar-refractivity contribution < 1.29 is 13.2 Å². The van der Waals surface area contributed by atoms with E-state index in [-0.39, 0.29) is 16.7 Å². The SMILES string of the molecule is CCn1cncc1CNc1ccccc1SC(F)(F)F. The number of benzene rings is 1. The van der Waals surface area contributed by atoms with Crippen LogP contribution in [0.4, 0.5) is 18.9 Å². The lowest BCUT2D eigenvalue weighted by Crippen LogP contribution is -2.07. The molecule has 0 aliphatic carbocycles. The van der Waals surface area contributed by atoms with Gasteiger partial charge in [0.1, 0.15) is 0 Å². The Balaban J connectivity index is 2.10. The molecule has 1 heterocycles. The molecule has 1 aromatic carbocycles. The highest BCUT2D eigenvalue weighted by molar-refractivity contribution is 8.00. The molecule has 2 rings (SSSR count). The van der Waals surface area contributed by atoms with Crippen LogP contribution in [0.1, 0.15) is 12.6 Å². The van der Waals surface area contributed by atoms with E-state index in [9.17, 15) is 13.2 Å². The maximum absolute atomic E-state index is 12.5. The van der Waals surface area contributed by atoms with Crippen LogP contribution in [0.2, 0.25) is 0 Å². The summed E-state index contributed by atoms with van der Waals surface area (Å²) in [5, 5.41) is 3.03. The lowest BCUT2D eigenvalue weighted by atomic mass is 10.3. The van der Waals surface area contributed by atoms with Gasteiger partial charge in [-0.25, -0.2) is 4.98 Å². The Morgan fingerprint density at radius 2 is 2.05 bits per heavy atom. The van der Waals surface area contributed by atoms with Gasteiger partial charge in [0.2, 0.25) is 0 Å². The van der Waals surface area contributed by atoms with Crippen LogP contribution in [0.25, 0.3) is 0 Å². The molecule has 0 spiro atoms. The lowest BCUT2D eigenvalue weighted by molar-refractivity contribution is -0.0327. The predicted molar refractivity (Wildman–Crippen MR) is 73.6 cm³/mol. The van der Waals surface area contributed by atoms with Gasteiger partial charge in [-0.1, -0.05) is 12.1 Å². The molecule has 0 bridgehead atoms. The standard InChI is InChI=1S/C13H14F3N3S/c1-2-19-9-17-7-10(19)8-18-11-5-3-4-6-12(11)20-13(14,15)16/h3-7,9,18H,2,8H2,1H3. The zero-order chi connectivity index (χ0) is 14.6. The van der Waals surface area contributed by atoms with Crippen LogP contribution in [0, 0.1) is 0 Å². The molecule has 20 heavy (non-hydrogen) atoms. The van der Waals surface area contributed by atoms with Crippen molar-refractivity contribution in [2.24, 2.45) is 0 Å². The molecular formula is C13H14F3N3S. The van der Waals surface area contributed by atoms with Crippen molar-refractivity contribution in [1.82, 2.24) is 9.55 Å². The van der Waals surface area contributed by atoms with Crippen LogP contribution < -0.4 is 5.32 Å². The Hall–Kier alpha value is -1.63. The Morgan fingerprint density at radius 3 is 2.75 bits per heavy atom. The Labute approximate surface area is 119 Å². The summed E-state index contributed by atoms with van der Waals surface area (Å²) in [6.45, 7) is 3.19. The van der Waals surface area contributed by atoms with E-state index in [1.54, 1.807) is 30.7 Å². The first-order chi connectivity index (χ1) is 9.49. The van der Waals surface area contributed by atoms with E-state index < -0.39 is 5.51 Å². The number of nitrogens with one attached hydrogen (secondary N) is 1. The first-order valence-electron chi connectivity index (χ1n) is 6.07. The quantitative estimate of drug-likeness (QED) is 0.842. The van der Waals surface area contributed by atoms with Gasteiger partial charge in [-0.05, 0) is 30.8 Å². The summed E-state index contributed by atoms with van der Waals surface area (Å²) in [7, 11) is 0. The molecule has 0 aliphatic heterocycles. The fraction of sp³-hybridized carbons (Fsp3) is 0.308. The number of rotatable bonds is 5. The van der Waals surface area contributed by atoms with Gasteiger partial charge in [-0.3, -0.25) is 0 Å². The molecule has 0 amide bonds. The number of aromatic nitrogens is 2. The third-order valence-electron chi connectivity index (χ3n) is 2.71. The minimum atomic E-state index is -4.29. The number of alkyl halides is 3. The topological polar surface area (TPSA) is 29.9 Å². The van der Waals surface area contributed by atoms with Gasteiger partial charge in [0.15, 0.2) is 0 Å². The highest BCUT2D eigenvalue weighted by Crippen LogP contribution is 2.40. The van der Waals surface area contributed by atoms with Crippen LogP contribution in [0.15, 0.2) is 41.7 Å². The fourth-order valence-electron chi connectivity index (χ4n) is 1.79. The van der Waals surface area contributed by atoms with Gasteiger partial charge < -0.3 is 9.88 Å². The van der Waals surface area contributed by atoms with Crippen LogP contribution in [0.3, 0.4) is 0 Å². The van der Waals surface area contributed by atoms with Crippen LogP contribution in [-0.4, -0.2) is 15.1 Å². The summed E-state index contributed by atoms with van der Waals surface area (Å²) in [4.78, 5) is 4.19. The maximum atomic E-state index is 12.5. The largest absolute Gasteiger partial charge is 0.446 e. The number of nitrogens with zero attached hydrogens (tertiary/aromatic N) is 2. The van der Waals surface area contributed by atoms with Crippen LogP contribution >= 0.6 is 11.8 Å². The predicted octanol–water partition coefficient (Wildman–Crippen LogP) is 4.13. The number of aryl methyl sites for hydroxylation is 1. The minimum Gasteiger partial charge on any atom is -0.378 e. The van der Waals surface area contributed by atoms with Crippen molar-refractivity contribution in [1.29, 1.82) is 0 Å². The second-order valence-corrected chi connectivity index (χ2v) is 5.18. The first-order valence-corrected chi connectivity index (χ1v) is 6.89. The highest BCUT2D eigenvalue weighted by Gasteiger charge is 2.30.